The van der Waals surface area contributed by atoms with Crippen molar-refractivity contribution in [1.82, 2.24) is 25.3 Å². The van der Waals surface area contributed by atoms with E-state index < -0.39 is 17.5 Å². The van der Waals surface area contributed by atoms with Crippen LogP contribution < -0.4 is 10.6 Å². The first kappa shape index (κ1) is 37.3. The van der Waals surface area contributed by atoms with Gasteiger partial charge in [0.05, 0.1) is 12.1 Å². The van der Waals surface area contributed by atoms with Crippen LogP contribution in [-0.4, -0.2) is 95.2 Å². The molecule has 0 aliphatic carbocycles. The first-order valence-corrected chi connectivity index (χ1v) is 17.3. The average Bonchev–Trinajstić information content (AvgIpc) is 3.51. The Morgan fingerprint density at radius 1 is 0.935 bits per heavy atom. The summed E-state index contributed by atoms with van der Waals surface area (Å²) >= 11 is 0. The lowest BCUT2D eigenvalue weighted by molar-refractivity contribution is -0.142. The predicted octanol–water partition coefficient (Wildman–Crippen LogP) is 4.56. The maximum atomic E-state index is 14.1. The third-order valence-electron chi connectivity index (χ3n) is 9.52. The number of carbonyl (C=O) groups is 4. The minimum Gasteiger partial charge on any atom is -0.354 e. The quantitative estimate of drug-likeness (QED) is 0.328. The summed E-state index contributed by atoms with van der Waals surface area (Å²) in [6.07, 6.45) is 6.84. The molecule has 0 saturated carbocycles. The van der Waals surface area contributed by atoms with Crippen LogP contribution in [0, 0.1) is 11.3 Å². The van der Waals surface area contributed by atoms with E-state index >= 15 is 0 Å². The van der Waals surface area contributed by atoms with Gasteiger partial charge in [-0.25, -0.2) is 0 Å². The fraction of sp³-hybridized carbons (Fsp3) is 0.676. The number of benzene rings is 1. The van der Waals surface area contributed by atoms with Crippen LogP contribution in [0.15, 0.2) is 42.0 Å². The molecule has 2 aliphatic rings. The number of nitrogens with one attached hydrogen (secondary N) is 2. The van der Waals surface area contributed by atoms with Crippen LogP contribution in [0.2, 0.25) is 0 Å². The Balaban J connectivity index is 1.72. The van der Waals surface area contributed by atoms with Gasteiger partial charge in [0.15, 0.2) is 0 Å². The molecule has 4 amide bonds. The molecule has 1 aromatic carbocycles. The molecule has 256 valence electrons. The van der Waals surface area contributed by atoms with Gasteiger partial charge in [0.25, 0.3) is 0 Å². The standard InChI is InChI=1S/C37H59N5O4/c1-25(2)31(40(9)36(46)32(37(6,7)8)39-34(44)30-18-13-14-22-41(30)26(3)4)24-27(5)35(45)42-23-15-19-29(42)33(43)38-21-20-28-16-11-10-12-17-28/h10-12,16-17,24-26,29-32H,13-15,18-23H2,1-9H3,(H,38,43)(H,39,44)/b27-24+/t29-,30?,31+,32+/m0/s1. The lowest BCUT2D eigenvalue weighted by Gasteiger charge is -2.41. The number of piperidine rings is 1. The molecule has 46 heavy (non-hydrogen) atoms. The van der Waals surface area contributed by atoms with Crippen molar-refractivity contribution in [2.45, 2.75) is 124 Å². The lowest BCUT2D eigenvalue weighted by atomic mass is 9.84. The lowest BCUT2D eigenvalue weighted by Crippen LogP contribution is -2.60. The van der Waals surface area contributed by atoms with Crippen LogP contribution in [0.1, 0.15) is 93.1 Å². The molecule has 0 spiro atoms. The average molecular weight is 638 g/mol. The molecule has 1 unspecified atom stereocenters. The van der Waals surface area contributed by atoms with Gasteiger partial charge < -0.3 is 20.4 Å². The van der Waals surface area contributed by atoms with Crippen molar-refractivity contribution in [3.8, 4) is 0 Å². The predicted molar refractivity (Wildman–Crippen MR) is 184 cm³/mol. The fourth-order valence-corrected chi connectivity index (χ4v) is 6.77. The van der Waals surface area contributed by atoms with Gasteiger partial charge in [-0.05, 0) is 76.3 Å². The molecule has 2 heterocycles. The highest BCUT2D eigenvalue weighted by Gasteiger charge is 2.40. The Bertz CT molecular complexity index is 1220. The van der Waals surface area contributed by atoms with Gasteiger partial charge in [0.2, 0.25) is 23.6 Å². The van der Waals surface area contributed by atoms with Gasteiger partial charge in [-0.3, -0.25) is 24.1 Å². The molecular formula is C37H59N5O4. The zero-order valence-corrected chi connectivity index (χ0v) is 29.8. The number of hydrogen-bond donors (Lipinski definition) is 2. The molecule has 1 aromatic rings. The highest BCUT2D eigenvalue weighted by atomic mass is 16.2. The van der Waals surface area contributed by atoms with Gasteiger partial charge >= 0.3 is 0 Å². The van der Waals surface area contributed by atoms with Crippen LogP contribution in [-0.2, 0) is 25.6 Å². The van der Waals surface area contributed by atoms with Crippen LogP contribution in [0.3, 0.4) is 0 Å². The smallest absolute Gasteiger partial charge is 0.249 e. The molecule has 0 aromatic heterocycles. The number of likely N-dealkylation sites (tertiary alicyclic amines) is 2. The van der Waals surface area contributed by atoms with Gasteiger partial charge in [-0.2, -0.15) is 0 Å². The summed E-state index contributed by atoms with van der Waals surface area (Å²) in [5.74, 6) is -0.572. The first-order chi connectivity index (χ1) is 21.6. The summed E-state index contributed by atoms with van der Waals surface area (Å²) in [6.45, 7) is 17.9. The van der Waals surface area contributed by atoms with Crippen molar-refractivity contribution in [2.75, 3.05) is 26.7 Å². The molecule has 2 aliphatic heterocycles. The molecule has 4 atom stereocenters. The number of hydrogen-bond acceptors (Lipinski definition) is 5. The third-order valence-corrected chi connectivity index (χ3v) is 9.52. The zero-order chi connectivity index (χ0) is 34.2. The maximum absolute atomic E-state index is 14.1. The van der Waals surface area contributed by atoms with Gasteiger partial charge in [-0.1, -0.05) is 77.4 Å². The third kappa shape index (κ3) is 9.66. The molecule has 0 radical (unpaired) electrons. The molecule has 2 saturated heterocycles. The molecule has 2 fully saturated rings. The first-order valence-electron chi connectivity index (χ1n) is 17.3. The summed E-state index contributed by atoms with van der Waals surface area (Å²) in [5, 5.41) is 6.16. The summed E-state index contributed by atoms with van der Waals surface area (Å²) in [7, 11) is 1.76. The second kappa shape index (κ2) is 16.6. The van der Waals surface area contributed by atoms with Crippen molar-refractivity contribution in [3.63, 3.8) is 0 Å². The summed E-state index contributed by atoms with van der Waals surface area (Å²) in [5.41, 5.74) is 1.14. The zero-order valence-electron chi connectivity index (χ0n) is 29.8. The Morgan fingerprint density at radius 3 is 2.20 bits per heavy atom. The number of rotatable bonds is 12. The number of likely N-dealkylation sites (N-methyl/N-ethyl adjacent to an activating group) is 1. The second-order valence-electron chi connectivity index (χ2n) is 14.9. The van der Waals surface area contributed by atoms with Crippen molar-refractivity contribution in [1.29, 1.82) is 0 Å². The Morgan fingerprint density at radius 2 is 1.59 bits per heavy atom. The van der Waals surface area contributed by atoms with E-state index in [2.05, 4.69) is 29.4 Å². The van der Waals surface area contributed by atoms with Crippen LogP contribution in [0.25, 0.3) is 0 Å². The highest BCUT2D eigenvalue weighted by Crippen LogP contribution is 2.27. The summed E-state index contributed by atoms with van der Waals surface area (Å²) < 4.78 is 0. The summed E-state index contributed by atoms with van der Waals surface area (Å²) in [6, 6.07) is 8.39. The molecule has 3 rings (SSSR count). The molecular weight excluding hydrogens is 578 g/mol. The number of carbonyl (C=O) groups excluding carboxylic acids is 4. The minimum absolute atomic E-state index is 0.0125. The normalized spacial score (nSPS) is 20.8. The number of nitrogens with zero attached hydrogens (tertiary/aromatic N) is 3. The van der Waals surface area contributed by atoms with Crippen molar-refractivity contribution >= 4 is 23.6 Å². The fourth-order valence-electron chi connectivity index (χ4n) is 6.77. The van der Waals surface area contributed by atoms with E-state index in [1.165, 1.54) is 0 Å². The monoisotopic (exact) mass is 637 g/mol. The molecule has 9 nitrogen and oxygen atoms in total. The van der Waals surface area contributed by atoms with E-state index in [9.17, 15) is 19.2 Å². The molecule has 9 heteroatoms. The van der Waals surface area contributed by atoms with Crippen LogP contribution >= 0.6 is 0 Å². The van der Waals surface area contributed by atoms with Gasteiger partial charge in [-0.15, -0.1) is 0 Å². The van der Waals surface area contributed by atoms with Crippen molar-refractivity contribution in [2.24, 2.45) is 11.3 Å². The molecule has 2 N–H and O–H groups in total. The van der Waals surface area contributed by atoms with Crippen molar-refractivity contribution in [3.05, 3.63) is 47.5 Å². The van der Waals surface area contributed by atoms with E-state index in [0.29, 0.717) is 25.1 Å². The highest BCUT2D eigenvalue weighted by molar-refractivity contribution is 5.97. The topological polar surface area (TPSA) is 102 Å². The van der Waals surface area contributed by atoms with E-state index in [-0.39, 0.29) is 47.7 Å². The largest absolute Gasteiger partial charge is 0.354 e. The van der Waals surface area contributed by atoms with E-state index in [4.69, 9.17) is 0 Å². The Kier molecular flexibility index (Phi) is 13.4. The van der Waals surface area contributed by atoms with E-state index in [1.54, 1.807) is 23.8 Å². The summed E-state index contributed by atoms with van der Waals surface area (Å²) in [4.78, 5) is 60.2. The van der Waals surface area contributed by atoms with Gasteiger partial charge in [0, 0.05) is 31.8 Å². The Hall–Kier alpha value is -3.20. The molecule has 0 bridgehead atoms. The van der Waals surface area contributed by atoms with Gasteiger partial charge in [0.1, 0.15) is 12.1 Å². The minimum atomic E-state index is -0.728. The maximum Gasteiger partial charge on any atom is 0.249 e. The van der Waals surface area contributed by atoms with E-state index in [1.807, 2.05) is 71.0 Å². The van der Waals surface area contributed by atoms with Crippen molar-refractivity contribution < 1.29 is 19.2 Å². The van der Waals surface area contributed by atoms with Crippen LogP contribution in [0.4, 0.5) is 0 Å². The second-order valence-corrected chi connectivity index (χ2v) is 14.9. The van der Waals surface area contributed by atoms with E-state index in [0.717, 1.165) is 44.2 Å². The Labute approximate surface area is 277 Å². The van der Waals surface area contributed by atoms with Crippen LogP contribution in [0.5, 0.6) is 0 Å². The number of amides is 4. The SMILES string of the molecule is C/C(=C\[C@H](C(C)C)N(C)C(=O)[C@@H](NC(=O)C1CCCCN1C(C)C)C(C)(C)C)C(=O)N1CCC[C@H]1C(=O)NCCc1ccccc1.